The molecule has 1 fully saturated rings. The second-order valence-electron chi connectivity index (χ2n) is 4.26. The number of aliphatic hydroxyl groups is 1. The zero-order valence-corrected chi connectivity index (χ0v) is 10.7. The third-order valence-corrected chi connectivity index (χ3v) is 3.68. The molecule has 1 aliphatic heterocycles. The molecule has 1 unspecified atom stereocenters. The first-order chi connectivity index (χ1) is 8.24. The van der Waals surface area contributed by atoms with Crippen molar-refractivity contribution in [2.24, 2.45) is 5.92 Å². The van der Waals surface area contributed by atoms with Crippen molar-refractivity contribution in [2.75, 3.05) is 26.0 Å². The van der Waals surface area contributed by atoms with Crippen LogP contribution in [-0.2, 0) is 0 Å². The Hall–Kier alpha value is -0.940. The number of amides is 1. The maximum atomic E-state index is 12.1. The first kappa shape index (κ1) is 12.5. The topological polar surface area (TPSA) is 53.7 Å². The Balaban J connectivity index is 2.03. The summed E-state index contributed by atoms with van der Waals surface area (Å²) in [5.41, 5.74) is 0. The van der Waals surface area contributed by atoms with Crippen LogP contribution in [0.2, 0.25) is 0 Å². The number of rotatable bonds is 3. The van der Waals surface area contributed by atoms with E-state index in [1.165, 1.54) is 11.8 Å². The summed E-state index contributed by atoms with van der Waals surface area (Å²) in [6, 6.07) is 3.53. The van der Waals surface area contributed by atoms with Gasteiger partial charge in [-0.1, -0.05) is 11.8 Å². The normalized spacial score (nSPS) is 20.6. The number of likely N-dealkylation sites (tertiary alicyclic amines) is 1. The third kappa shape index (κ3) is 2.84. The molecule has 1 atom stereocenters. The lowest BCUT2D eigenvalue weighted by atomic mass is 9.99. The number of nitrogens with zero attached hydrogens (tertiary/aromatic N) is 1. The Morgan fingerprint density at radius 2 is 2.47 bits per heavy atom. The van der Waals surface area contributed by atoms with Crippen LogP contribution in [0, 0.1) is 5.92 Å². The highest BCUT2D eigenvalue weighted by molar-refractivity contribution is 7.98. The summed E-state index contributed by atoms with van der Waals surface area (Å²) >= 11 is 1.48. The maximum absolute atomic E-state index is 12.1. The first-order valence-electron chi connectivity index (χ1n) is 5.78. The molecule has 0 radical (unpaired) electrons. The summed E-state index contributed by atoms with van der Waals surface area (Å²) in [5.74, 6) is 0.541. The second-order valence-corrected chi connectivity index (χ2v) is 5.08. The second kappa shape index (κ2) is 5.60. The fourth-order valence-electron chi connectivity index (χ4n) is 2.10. The minimum atomic E-state index is -0.0662. The highest BCUT2D eigenvalue weighted by Crippen LogP contribution is 2.22. The number of piperidine rings is 1. The molecular formula is C12H17NO3S. The number of thioether (sulfide) groups is 1. The molecule has 0 spiro atoms. The molecular weight excluding hydrogens is 238 g/mol. The van der Waals surface area contributed by atoms with Crippen LogP contribution in [0.4, 0.5) is 0 Å². The van der Waals surface area contributed by atoms with E-state index in [2.05, 4.69) is 0 Å². The monoisotopic (exact) mass is 255 g/mol. The maximum Gasteiger partial charge on any atom is 0.289 e. The number of carbonyl (C=O) groups excluding carboxylic acids is 1. The van der Waals surface area contributed by atoms with Crippen molar-refractivity contribution in [1.82, 2.24) is 4.90 Å². The van der Waals surface area contributed by atoms with Gasteiger partial charge >= 0.3 is 0 Å². The predicted molar refractivity (Wildman–Crippen MR) is 66.2 cm³/mol. The molecule has 0 aromatic carbocycles. The quantitative estimate of drug-likeness (QED) is 0.837. The van der Waals surface area contributed by atoms with Gasteiger partial charge in [-0.3, -0.25) is 4.79 Å². The van der Waals surface area contributed by atoms with E-state index in [0.29, 0.717) is 12.3 Å². The molecule has 2 heterocycles. The van der Waals surface area contributed by atoms with Gasteiger partial charge in [-0.25, -0.2) is 0 Å². The standard InChI is InChI=1S/C12H17NO3S/c1-17-11-5-4-10(16-11)12(15)13-6-2-3-9(7-13)8-14/h4-5,9,14H,2-3,6-8H2,1H3. The van der Waals surface area contributed by atoms with Gasteiger partial charge in [0, 0.05) is 19.7 Å². The fourth-order valence-corrected chi connectivity index (χ4v) is 2.48. The summed E-state index contributed by atoms with van der Waals surface area (Å²) in [6.45, 7) is 1.53. The van der Waals surface area contributed by atoms with Crippen LogP contribution in [0.5, 0.6) is 0 Å². The van der Waals surface area contributed by atoms with Gasteiger partial charge in [0.2, 0.25) is 0 Å². The van der Waals surface area contributed by atoms with Crippen molar-refractivity contribution in [3.05, 3.63) is 17.9 Å². The molecule has 4 nitrogen and oxygen atoms in total. The van der Waals surface area contributed by atoms with Gasteiger partial charge in [-0.2, -0.15) is 0 Å². The van der Waals surface area contributed by atoms with Crippen LogP contribution in [0.1, 0.15) is 23.4 Å². The Bertz CT molecular complexity index is 391. The van der Waals surface area contributed by atoms with Gasteiger partial charge in [0.15, 0.2) is 10.9 Å². The number of hydrogen-bond donors (Lipinski definition) is 1. The Kier molecular flexibility index (Phi) is 4.12. The van der Waals surface area contributed by atoms with Crippen molar-refractivity contribution in [3.8, 4) is 0 Å². The van der Waals surface area contributed by atoms with E-state index < -0.39 is 0 Å². The fraction of sp³-hybridized carbons (Fsp3) is 0.583. The van der Waals surface area contributed by atoms with Gasteiger partial charge in [-0.15, -0.1) is 0 Å². The summed E-state index contributed by atoms with van der Waals surface area (Å²) < 4.78 is 5.43. The highest BCUT2D eigenvalue weighted by Gasteiger charge is 2.25. The molecule has 17 heavy (non-hydrogen) atoms. The van der Waals surface area contributed by atoms with Gasteiger partial charge in [-0.05, 0) is 37.1 Å². The SMILES string of the molecule is CSc1ccc(C(=O)N2CCCC(CO)C2)o1. The zero-order valence-electron chi connectivity index (χ0n) is 9.89. The van der Waals surface area contributed by atoms with Gasteiger partial charge in [0.1, 0.15) is 0 Å². The lowest BCUT2D eigenvalue weighted by Crippen LogP contribution is -2.40. The highest BCUT2D eigenvalue weighted by atomic mass is 32.2. The molecule has 1 aromatic heterocycles. The summed E-state index contributed by atoms with van der Waals surface area (Å²) in [4.78, 5) is 13.9. The Morgan fingerprint density at radius 1 is 1.65 bits per heavy atom. The van der Waals surface area contributed by atoms with Crippen molar-refractivity contribution < 1.29 is 14.3 Å². The molecule has 5 heteroatoms. The molecule has 0 bridgehead atoms. The van der Waals surface area contributed by atoms with Crippen molar-refractivity contribution >= 4 is 17.7 Å². The molecule has 0 saturated carbocycles. The molecule has 2 rings (SSSR count). The minimum Gasteiger partial charge on any atom is -0.445 e. The molecule has 1 saturated heterocycles. The smallest absolute Gasteiger partial charge is 0.289 e. The zero-order chi connectivity index (χ0) is 12.3. The average molecular weight is 255 g/mol. The van der Waals surface area contributed by atoms with Crippen molar-refractivity contribution in [1.29, 1.82) is 0 Å². The Morgan fingerprint density at radius 3 is 3.12 bits per heavy atom. The summed E-state index contributed by atoms with van der Waals surface area (Å²) in [7, 11) is 0. The van der Waals surface area contributed by atoms with Crippen LogP contribution in [0.25, 0.3) is 0 Å². The van der Waals surface area contributed by atoms with Gasteiger partial charge in [0.05, 0.1) is 0 Å². The average Bonchev–Trinajstić information content (AvgIpc) is 2.86. The van der Waals surface area contributed by atoms with Gasteiger partial charge in [0.25, 0.3) is 5.91 Å². The number of furan rings is 1. The third-order valence-electron chi connectivity index (χ3n) is 3.06. The number of carbonyl (C=O) groups is 1. The van der Waals surface area contributed by atoms with E-state index >= 15 is 0 Å². The van der Waals surface area contributed by atoms with Crippen molar-refractivity contribution in [3.63, 3.8) is 0 Å². The number of hydrogen-bond acceptors (Lipinski definition) is 4. The largest absolute Gasteiger partial charge is 0.445 e. The summed E-state index contributed by atoms with van der Waals surface area (Å²) in [5, 5.41) is 9.89. The van der Waals surface area contributed by atoms with E-state index in [4.69, 9.17) is 9.52 Å². The van der Waals surface area contributed by atoms with E-state index in [-0.39, 0.29) is 18.4 Å². The molecule has 94 valence electrons. The van der Waals surface area contributed by atoms with Crippen LogP contribution in [-0.4, -0.2) is 41.9 Å². The van der Waals surface area contributed by atoms with Crippen LogP contribution in [0.3, 0.4) is 0 Å². The number of aliphatic hydroxyl groups excluding tert-OH is 1. The molecule has 1 amide bonds. The van der Waals surface area contributed by atoms with Crippen LogP contribution < -0.4 is 0 Å². The first-order valence-corrected chi connectivity index (χ1v) is 7.01. The van der Waals surface area contributed by atoms with Gasteiger partial charge < -0.3 is 14.4 Å². The van der Waals surface area contributed by atoms with Crippen LogP contribution >= 0.6 is 11.8 Å². The van der Waals surface area contributed by atoms with E-state index in [0.717, 1.165) is 24.5 Å². The molecule has 1 N–H and O–H groups in total. The van der Waals surface area contributed by atoms with Crippen LogP contribution in [0.15, 0.2) is 21.6 Å². The van der Waals surface area contributed by atoms with Crippen molar-refractivity contribution in [2.45, 2.75) is 17.9 Å². The lowest BCUT2D eigenvalue weighted by molar-refractivity contribution is 0.0585. The minimum absolute atomic E-state index is 0.0662. The summed E-state index contributed by atoms with van der Waals surface area (Å²) in [6.07, 6.45) is 3.86. The molecule has 1 aliphatic rings. The van der Waals surface area contributed by atoms with E-state index in [9.17, 15) is 4.79 Å². The molecule has 0 aliphatic carbocycles. The van der Waals surface area contributed by atoms with E-state index in [1.807, 2.05) is 12.3 Å². The Labute approximate surface area is 105 Å². The predicted octanol–water partition coefficient (Wildman–Crippen LogP) is 1.85. The van der Waals surface area contributed by atoms with E-state index in [1.54, 1.807) is 11.0 Å². The molecule has 1 aromatic rings. The lowest BCUT2D eigenvalue weighted by Gasteiger charge is -2.31.